The topological polar surface area (TPSA) is 72.5 Å². The van der Waals surface area contributed by atoms with Crippen molar-refractivity contribution < 1.29 is 44.4 Å². The monoisotopic (exact) mass is 434 g/mol. The van der Waals surface area contributed by atoms with Crippen LogP contribution in [0.2, 0.25) is 0 Å². The predicted octanol–water partition coefficient (Wildman–Crippen LogP) is -1.48. The third-order valence-electron chi connectivity index (χ3n) is 4.35. The summed E-state index contributed by atoms with van der Waals surface area (Å²) in [5.41, 5.74) is 0.701. The summed E-state index contributed by atoms with van der Waals surface area (Å²) >= 11 is 0. The van der Waals surface area contributed by atoms with E-state index in [2.05, 4.69) is 15.0 Å². The number of sulfone groups is 1. The van der Waals surface area contributed by atoms with Gasteiger partial charge >= 0.3 is 6.61 Å². The number of methoxy groups -OCH3 is 1. The summed E-state index contributed by atoms with van der Waals surface area (Å²) in [7, 11) is -2.36. The molecule has 0 bridgehead atoms. The molecule has 1 heterocycles. The quantitative estimate of drug-likeness (QED) is 0.600. The van der Waals surface area contributed by atoms with Crippen molar-refractivity contribution in [3.63, 3.8) is 0 Å². The van der Waals surface area contributed by atoms with E-state index >= 15 is 0 Å². The van der Waals surface area contributed by atoms with Gasteiger partial charge in [0.1, 0.15) is 11.5 Å². The molecule has 1 aliphatic heterocycles. The van der Waals surface area contributed by atoms with E-state index in [1.54, 1.807) is 12.1 Å². The number of nitrogens with two attached hydrogens (primary N) is 1. The second kappa shape index (κ2) is 9.40. The molecule has 154 valence electrons. The molecule has 6 nitrogen and oxygen atoms in total. The average Bonchev–Trinajstić information content (AvgIpc) is 2.68. The zero-order chi connectivity index (χ0) is 19.4. The van der Waals surface area contributed by atoms with Gasteiger partial charge in [-0.05, 0) is 36.4 Å². The Morgan fingerprint density at radius 1 is 1.07 bits per heavy atom. The third kappa shape index (κ3) is 4.84. The smallest absolute Gasteiger partial charge is 0.387 e. The normalized spacial score (nSPS) is 14.5. The summed E-state index contributed by atoms with van der Waals surface area (Å²) in [5, 5.41) is 2.19. The van der Waals surface area contributed by atoms with Crippen LogP contribution in [0, 0.1) is 0 Å². The van der Waals surface area contributed by atoms with Crippen molar-refractivity contribution >= 4 is 15.5 Å². The molecule has 1 fully saturated rings. The molecule has 0 saturated carbocycles. The molecular formula is C18H21ClF2N2O4S. The zero-order valence-electron chi connectivity index (χ0n) is 15.1. The zero-order valence-corrected chi connectivity index (χ0v) is 16.7. The Hall–Kier alpha value is -2.10. The van der Waals surface area contributed by atoms with Crippen molar-refractivity contribution in [2.45, 2.75) is 16.4 Å². The van der Waals surface area contributed by atoms with E-state index in [0.717, 1.165) is 32.2 Å². The number of rotatable bonds is 6. The van der Waals surface area contributed by atoms with Crippen LogP contribution < -0.4 is 32.1 Å². The SMILES string of the molecule is COc1ccc(S(=O)(=O)c2cccc(OC(F)F)c2)cc1N1CC[NH2+]CC1.[Cl-]. The van der Waals surface area contributed by atoms with Gasteiger partial charge in [0.25, 0.3) is 0 Å². The maximum Gasteiger partial charge on any atom is 0.387 e. The highest BCUT2D eigenvalue weighted by molar-refractivity contribution is 7.91. The van der Waals surface area contributed by atoms with Crippen molar-refractivity contribution in [2.24, 2.45) is 0 Å². The second-order valence-electron chi connectivity index (χ2n) is 6.04. The molecule has 2 aromatic rings. The standard InChI is InChI=1S/C18H20F2N2O4S.ClH/c1-25-17-6-5-15(12-16(17)22-9-7-21-8-10-22)27(23,24)14-4-2-3-13(11-14)26-18(19)20;/h2-6,11-12,18,21H,7-10H2,1H3;1H. The lowest BCUT2D eigenvalue weighted by Crippen LogP contribution is -3.00. The molecule has 0 unspecified atom stereocenters. The first-order valence-corrected chi connectivity index (χ1v) is 9.95. The molecule has 28 heavy (non-hydrogen) atoms. The van der Waals surface area contributed by atoms with Crippen LogP contribution in [0.1, 0.15) is 0 Å². The van der Waals surface area contributed by atoms with E-state index < -0.39 is 16.4 Å². The average molecular weight is 435 g/mol. The highest BCUT2D eigenvalue weighted by Gasteiger charge is 2.23. The van der Waals surface area contributed by atoms with Gasteiger partial charge in [-0.1, -0.05) is 6.07 Å². The Bertz CT molecular complexity index is 906. The number of hydrogen-bond donors (Lipinski definition) is 1. The number of nitrogens with zero attached hydrogens (tertiary/aromatic N) is 1. The van der Waals surface area contributed by atoms with Crippen LogP contribution in [0.25, 0.3) is 0 Å². The van der Waals surface area contributed by atoms with Gasteiger partial charge in [0.15, 0.2) is 0 Å². The Balaban J connectivity index is 0.00000280. The molecule has 0 atom stereocenters. The minimum Gasteiger partial charge on any atom is -1.00 e. The number of anilines is 1. The molecule has 2 N–H and O–H groups in total. The molecule has 2 aromatic carbocycles. The van der Waals surface area contributed by atoms with Gasteiger partial charge in [0.2, 0.25) is 9.84 Å². The van der Waals surface area contributed by atoms with Crippen LogP contribution in [-0.4, -0.2) is 48.3 Å². The molecule has 0 spiro atoms. The number of alkyl halides is 2. The molecular weight excluding hydrogens is 414 g/mol. The first-order valence-electron chi connectivity index (χ1n) is 8.46. The predicted molar refractivity (Wildman–Crippen MR) is 95.4 cm³/mol. The van der Waals surface area contributed by atoms with Gasteiger partial charge in [-0.3, -0.25) is 0 Å². The fraction of sp³-hybridized carbons (Fsp3) is 0.333. The number of benzene rings is 2. The molecule has 1 saturated heterocycles. The summed E-state index contributed by atoms with van der Waals surface area (Å²) < 4.78 is 60.5. The van der Waals surface area contributed by atoms with Crippen LogP contribution in [0.4, 0.5) is 14.5 Å². The van der Waals surface area contributed by atoms with Crippen molar-refractivity contribution in [2.75, 3.05) is 38.2 Å². The summed E-state index contributed by atoms with van der Waals surface area (Å²) in [6, 6.07) is 9.74. The number of piperazine rings is 1. The summed E-state index contributed by atoms with van der Waals surface area (Å²) in [6.07, 6.45) is 0. The highest BCUT2D eigenvalue weighted by Crippen LogP contribution is 2.33. The molecule has 3 rings (SSSR count). The maximum atomic E-state index is 13.0. The molecule has 1 aliphatic rings. The Morgan fingerprint density at radius 3 is 2.39 bits per heavy atom. The Labute approximate surface area is 168 Å². The summed E-state index contributed by atoms with van der Waals surface area (Å²) in [5.74, 6) is 0.386. The Kier molecular flexibility index (Phi) is 7.45. The first-order chi connectivity index (χ1) is 12.9. The molecule has 0 aromatic heterocycles. The third-order valence-corrected chi connectivity index (χ3v) is 6.10. The van der Waals surface area contributed by atoms with E-state index in [9.17, 15) is 17.2 Å². The van der Waals surface area contributed by atoms with Crippen molar-refractivity contribution in [3.05, 3.63) is 42.5 Å². The fourth-order valence-electron chi connectivity index (χ4n) is 3.03. The van der Waals surface area contributed by atoms with Crippen LogP contribution >= 0.6 is 0 Å². The first kappa shape index (κ1) is 22.2. The van der Waals surface area contributed by atoms with E-state index in [1.165, 1.54) is 31.4 Å². The van der Waals surface area contributed by atoms with Crippen LogP contribution in [0.3, 0.4) is 0 Å². The lowest BCUT2D eigenvalue weighted by Gasteiger charge is -2.29. The summed E-state index contributed by atoms with van der Waals surface area (Å²) in [4.78, 5) is 2.04. The maximum absolute atomic E-state index is 13.0. The van der Waals surface area contributed by atoms with Crippen LogP contribution in [0.5, 0.6) is 11.5 Å². The lowest BCUT2D eigenvalue weighted by molar-refractivity contribution is -0.655. The Morgan fingerprint density at radius 2 is 1.75 bits per heavy atom. The summed E-state index contributed by atoms with van der Waals surface area (Å²) in [6.45, 7) is 0.349. The van der Waals surface area contributed by atoms with Crippen molar-refractivity contribution in [3.8, 4) is 11.5 Å². The van der Waals surface area contributed by atoms with Gasteiger partial charge in [-0.2, -0.15) is 8.78 Å². The minimum atomic E-state index is -3.90. The van der Waals surface area contributed by atoms with E-state index in [0.29, 0.717) is 11.4 Å². The molecule has 0 radical (unpaired) electrons. The van der Waals surface area contributed by atoms with E-state index in [1.807, 2.05) is 0 Å². The van der Waals surface area contributed by atoms with E-state index in [-0.39, 0.29) is 27.9 Å². The van der Waals surface area contributed by atoms with Gasteiger partial charge in [-0.15, -0.1) is 0 Å². The fourth-order valence-corrected chi connectivity index (χ4v) is 4.34. The lowest BCUT2D eigenvalue weighted by atomic mass is 10.2. The number of quaternary nitrogens is 1. The highest BCUT2D eigenvalue weighted by atomic mass is 35.5. The van der Waals surface area contributed by atoms with Crippen molar-refractivity contribution in [1.29, 1.82) is 0 Å². The number of ether oxygens (including phenoxy) is 2. The van der Waals surface area contributed by atoms with Gasteiger partial charge < -0.3 is 32.1 Å². The molecule has 0 aliphatic carbocycles. The molecule has 0 amide bonds. The minimum absolute atomic E-state index is 0. The van der Waals surface area contributed by atoms with E-state index in [4.69, 9.17) is 4.74 Å². The largest absolute Gasteiger partial charge is 1.00 e. The van der Waals surface area contributed by atoms with Gasteiger partial charge in [0.05, 0.1) is 48.8 Å². The van der Waals surface area contributed by atoms with Gasteiger partial charge in [-0.25, -0.2) is 8.42 Å². The van der Waals surface area contributed by atoms with Crippen LogP contribution in [-0.2, 0) is 9.84 Å². The molecule has 10 heteroatoms. The van der Waals surface area contributed by atoms with Gasteiger partial charge in [0, 0.05) is 0 Å². The van der Waals surface area contributed by atoms with Crippen molar-refractivity contribution in [1.82, 2.24) is 0 Å². The number of hydrogen-bond acceptors (Lipinski definition) is 5. The number of halogens is 3. The van der Waals surface area contributed by atoms with Crippen LogP contribution in [0.15, 0.2) is 52.3 Å². The second-order valence-corrected chi connectivity index (χ2v) is 7.99.